The van der Waals surface area contributed by atoms with Crippen molar-refractivity contribution in [1.29, 1.82) is 0 Å². The van der Waals surface area contributed by atoms with Crippen LogP contribution < -0.4 is 10.2 Å². The third kappa shape index (κ3) is 3.58. The predicted octanol–water partition coefficient (Wildman–Crippen LogP) is 4.19. The molecule has 4 heteroatoms. The predicted molar refractivity (Wildman–Crippen MR) is 98.7 cm³/mol. The Morgan fingerprint density at radius 2 is 2.12 bits per heavy atom. The summed E-state index contributed by atoms with van der Waals surface area (Å²) < 4.78 is 0. The Kier molecular flexibility index (Phi) is 4.84. The quantitative estimate of drug-likeness (QED) is 0.921. The van der Waals surface area contributed by atoms with Gasteiger partial charge in [0, 0.05) is 25.0 Å². The zero-order chi connectivity index (χ0) is 17.1. The van der Waals surface area contributed by atoms with E-state index in [4.69, 9.17) is 0 Å². The second-order valence-corrected chi connectivity index (χ2v) is 6.83. The molecule has 0 saturated carbocycles. The van der Waals surface area contributed by atoms with Gasteiger partial charge in [-0.05, 0) is 55.9 Å². The Hall–Kier alpha value is -2.36. The van der Waals surface area contributed by atoms with Crippen molar-refractivity contribution in [3.8, 4) is 0 Å². The maximum atomic E-state index is 12.6. The van der Waals surface area contributed by atoms with Crippen molar-refractivity contribution in [3.63, 3.8) is 0 Å². The molecule has 4 nitrogen and oxygen atoms in total. The number of aryl methyl sites for hydroxylation is 1. The molecule has 0 spiro atoms. The number of amides is 1. The monoisotopic (exact) mass is 323 g/mol. The topological polar surface area (TPSA) is 45.2 Å². The lowest BCUT2D eigenvalue weighted by atomic mass is 10.00. The maximum Gasteiger partial charge on any atom is 0.257 e. The van der Waals surface area contributed by atoms with Crippen molar-refractivity contribution in [1.82, 2.24) is 4.98 Å². The fourth-order valence-electron chi connectivity index (χ4n) is 3.23. The lowest BCUT2D eigenvalue weighted by Gasteiger charge is -2.32. The minimum absolute atomic E-state index is 0.108. The zero-order valence-corrected chi connectivity index (χ0v) is 14.7. The van der Waals surface area contributed by atoms with Crippen LogP contribution in [0.4, 0.5) is 11.4 Å². The molecule has 1 fully saturated rings. The highest BCUT2D eigenvalue weighted by Gasteiger charge is 2.18. The molecule has 1 aliphatic heterocycles. The summed E-state index contributed by atoms with van der Waals surface area (Å²) in [6.45, 7) is 8.41. The number of rotatable bonds is 3. The minimum Gasteiger partial charge on any atom is -0.370 e. The lowest BCUT2D eigenvalue weighted by Crippen LogP contribution is -2.34. The van der Waals surface area contributed by atoms with Crippen molar-refractivity contribution in [3.05, 3.63) is 53.3 Å². The summed E-state index contributed by atoms with van der Waals surface area (Å²) in [4.78, 5) is 19.2. The number of piperidine rings is 1. The number of anilines is 2. The zero-order valence-electron chi connectivity index (χ0n) is 14.7. The van der Waals surface area contributed by atoms with E-state index in [1.54, 1.807) is 6.20 Å². The van der Waals surface area contributed by atoms with Crippen LogP contribution in [0.25, 0.3) is 0 Å². The number of nitrogens with one attached hydrogen (secondary N) is 1. The van der Waals surface area contributed by atoms with Gasteiger partial charge < -0.3 is 10.2 Å². The number of nitrogens with zero attached hydrogens (tertiary/aromatic N) is 2. The third-order valence-electron chi connectivity index (χ3n) is 4.86. The highest BCUT2D eigenvalue weighted by atomic mass is 16.1. The summed E-state index contributed by atoms with van der Waals surface area (Å²) in [5.74, 6) is 0.578. The first kappa shape index (κ1) is 16.5. The average Bonchev–Trinajstić information content (AvgIpc) is 2.59. The van der Waals surface area contributed by atoms with Gasteiger partial charge in [-0.15, -0.1) is 0 Å². The average molecular weight is 323 g/mol. The van der Waals surface area contributed by atoms with E-state index < -0.39 is 0 Å². The van der Waals surface area contributed by atoms with Crippen LogP contribution in [0, 0.1) is 19.8 Å². The molecule has 0 bridgehead atoms. The number of aromatic nitrogens is 1. The molecule has 0 aliphatic carbocycles. The molecule has 1 atom stereocenters. The molecule has 24 heavy (non-hydrogen) atoms. The Morgan fingerprint density at radius 1 is 1.29 bits per heavy atom. The summed E-state index contributed by atoms with van der Waals surface area (Å²) in [6, 6.07) is 7.89. The molecule has 1 aromatic heterocycles. The molecule has 2 heterocycles. The molecule has 0 radical (unpaired) electrons. The van der Waals surface area contributed by atoms with E-state index in [0.717, 1.165) is 30.0 Å². The molecule has 2 aromatic rings. The first-order valence-electron chi connectivity index (χ1n) is 8.62. The van der Waals surface area contributed by atoms with Gasteiger partial charge in [-0.1, -0.05) is 19.1 Å². The highest BCUT2D eigenvalue weighted by molar-refractivity contribution is 6.05. The number of hydrogen-bond acceptors (Lipinski definition) is 3. The molecule has 1 aliphatic rings. The van der Waals surface area contributed by atoms with Gasteiger partial charge >= 0.3 is 0 Å². The van der Waals surface area contributed by atoms with Crippen LogP contribution in [0.3, 0.4) is 0 Å². The number of carbonyl (C=O) groups is 1. The fraction of sp³-hybridized carbons (Fsp3) is 0.400. The van der Waals surface area contributed by atoms with E-state index in [2.05, 4.69) is 22.1 Å². The summed E-state index contributed by atoms with van der Waals surface area (Å²) in [5, 5.41) is 3.01. The summed E-state index contributed by atoms with van der Waals surface area (Å²) >= 11 is 0. The molecule has 1 N–H and O–H groups in total. The molecule has 1 aromatic carbocycles. The van der Waals surface area contributed by atoms with Crippen LogP contribution in [0.1, 0.15) is 41.3 Å². The number of pyridine rings is 1. The van der Waals surface area contributed by atoms with Gasteiger partial charge in [-0.25, -0.2) is 0 Å². The summed E-state index contributed by atoms with van der Waals surface area (Å²) in [5.41, 5.74) is 4.76. The Balaban J connectivity index is 1.78. The molecular formula is C20H25N3O. The van der Waals surface area contributed by atoms with Crippen molar-refractivity contribution < 1.29 is 4.79 Å². The van der Waals surface area contributed by atoms with E-state index in [1.165, 1.54) is 18.4 Å². The second kappa shape index (κ2) is 7.04. The highest BCUT2D eigenvalue weighted by Crippen LogP contribution is 2.24. The van der Waals surface area contributed by atoms with Crippen LogP contribution >= 0.6 is 0 Å². The van der Waals surface area contributed by atoms with Gasteiger partial charge in [-0.2, -0.15) is 0 Å². The first-order valence-corrected chi connectivity index (χ1v) is 8.62. The van der Waals surface area contributed by atoms with Crippen LogP contribution in [-0.4, -0.2) is 24.0 Å². The maximum absolute atomic E-state index is 12.6. The van der Waals surface area contributed by atoms with E-state index >= 15 is 0 Å². The molecular weight excluding hydrogens is 298 g/mol. The van der Waals surface area contributed by atoms with Crippen molar-refractivity contribution in [2.75, 3.05) is 23.3 Å². The largest absolute Gasteiger partial charge is 0.370 e. The van der Waals surface area contributed by atoms with Crippen LogP contribution in [-0.2, 0) is 0 Å². The first-order chi connectivity index (χ1) is 11.5. The van der Waals surface area contributed by atoms with E-state index in [1.807, 2.05) is 44.3 Å². The molecule has 3 rings (SSSR count). The van der Waals surface area contributed by atoms with Crippen molar-refractivity contribution >= 4 is 17.3 Å². The SMILES string of the molecule is Cc1cccc(NC(=O)c2cncc(N3CCCC(C)C3)c2)c1C. The van der Waals surface area contributed by atoms with E-state index in [0.29, 0.717) is 11.5 Å². The molecule has 1 saturated heterocycles. The molecule has 1 unspecified atom stereocenters. The van der Waals surface area contributed by atoms with Crippen LogP contribution in [0.5, 0.6) is 0 Å². The van der Waals surface area contributed by atoms with Gasteiger partial charge in [-0.3, -0.25) is 9.78 Å². The lowest BCUT2D eigenvalue weighted by molar-refractivity contribution is 0.102. The van der Waals surface area contributed by atoms with Gasteiger partial charge in [0.25, 0.3) is 5.91 Å². The van der Waals surface area contributed by atoms with Gasteiger partial charge in [0.2, 0.25) is 0 Å². The van der Waals surface area contributed by atoms with Crippen molar-refractivity contribution in [2.45, 2.75) is 33.6 Å². The van der Waals surface area contributed by atoms with Crippen LogP contribution in [0.15, 0.2) is 36.7 Å². The van der Waals surface area contributed by atoms with Gasteiger partial charge in [0.15, 0.2) is 0 Å². The smallest absolute Gasteiger partial charge is 0.257 e. The number of carbonyl (C=O) groups excluding carboxylic acids is 1. The normalized spacial score (nSPS) is 17.6. The second-order valence-electron chi connectivity index (χ2n) is 6.83. The third-order valence-corrected chi connectivity index (χ3v) is 4.86. The van der Waals surface area contributed by atoms with E-state index in [9.17, 15) is 4.79 Å². The molecule has 126 valence electrons. The Labute approximate surface area is 143 Å². The fourth-order valence-corrected chi connectivity index (χ4v) is 3.23. The minimum atomic E-state index is -0.108. The van der Waals surface area contributed by atoms with Crippen LogP contribution in [0.2, 0.25) is 0 Å². The Bertz CT molecular complexity index is 741. The van der Waals surface area contributed by atoms with Gasteiger partial charge in [0.1, 0.15) is 0 Å². The number of hydrogen-bond donors (Lipinski definition) is 1. The standard InChI is InChI=1S/C20H25N3O/c1-14-6-5-9-23(13-14)18-10-17(11-21-12-18)20(24)22-19-8-4-7-15(2)16(19)3/h4,7-8,10-12,14H,5-6,9,13H2,1-3H3,(H,22,24). The summed E-state index contributed by atoms with van der Waals surface area (Å²) in [6.07, 6.45) is 5.96. The van der Waals surface area contributed by atoms with E-state index in [-0.39, 0.29) is 5.91 Å². The number of benzene rings is 1. The Morgan fingerprint density at radius 3 is 2.92 bits per heavy atom. The molecule has 1 amide bonds. The van der Waals surface area contributed by atoms with Gasteiger partial charge in [0.05, 0.1) is 17.4 Å². The van der Waals surface area contributed by atoms with Crippen molar-refractivity contribution in [2.24, 2.45) is 5.92 Å². The summed E-state index contributed by atoms with van der Waals surface area (Å²) in [7, 11) is 0.